The highest BCUT2D eigenvalue weighted by molar-refractivity contribution is 5.89. The van der Waals surface area contributed by atoms with Crippen molar-refractivity contribution in [1.29, 1.82) is 0 Å². The molecule has 2 aromatic rings. The molecule has 3 amide bonds. The summed E-state index contributed by atoms with van der Waals surface area (Å²) in [6.45, 7) is 0.856. The number of hydrogen-bond acceptors (Lipinski definition) is 6. The number of amides is 3. The van der Waals surface area contributed by atoms with Gasteiger partial charge in [0, 0.05) is 31.9 Å². The van der Waals surface area contributed by atoms with E-state index >= 15 is 0 Å². The van der Waals surface area contributed by atoms with Crippen LogP contribution in [0.5, 0.6) is 0 Å². The second-order valence-corrected chi connectivity index (χ2v) is 9.06. The first-order valence-electron chi connectivity index (χ1n) is 11.9. The molecule has 2 aliphatic rings. The van der Waals surface area contributed by atoms with Gasteiger partial charge in [-0.3, -0.25) is 4.79 Å². The SMILES string of the molecule is Cn1cnc(CCNC(=O)C[C@H]2CC[C@@H]3[C@H](COC[C@@H](O)CN3C(=O)Nc3ccc(F)cc3)O2)c1. The molecule has 0 saturated carbocycles. The second kappa shape index (κ2) is 11.6. The number of imidazole rings is 1. The van der Waals surface area contributed by atoms with Gasteiger partial charge < -0.3 is 34.7 Å². The van der Waals surface area contributed by atoms with Crippen LogP contribution < -0.4 is 10.6 Å². The van der Waals surface area contributed by atoms with Gasteiger partial charge in [-0.1, -0.05) is 0 Å². The monoisotopic (exact) mass is 489 g/mol. The third-order valence-electron chi connectivity index (χ3n) is 6.21. The number of nitrogens with one attached hydrogen (secondary N) is 2. The highest BCUT2D eigenvalue weighted by Crippen LogP contribution is 2.28. The van der Waals surface area contributed by atoms with Crippen LogP contribution in [0.4, 0.5) is 14.9 Å². The van der Waals surface area contributed by atoms with Crippen molar-refractivity contribution in [3.8, 4) is 0 Å². The van der Waals surface area contributed by atoms with E-state index in [0.29, 0.717) is 31.5 Å². The summed E-state index contributed by atoms with van der Waals surface area (Å²) in [5, 5.41) is 15.9. The molecule has 2 fully saturated rings. The maximum atomic E-state index is 13.2. The third kappa shape index (κ3) is 7.00. The molecule has 0 radical (unpaired) electrons. The summed E-state index contributed by atoms with van der Waals surface area (Å²) in [7, 11) is 1.90. The molecule has 0 aliphatic carbocycles. The molecule has 0 unspecified atom stereocenters. The van der Waals surface area contributed by atoms with Crippen molar-refractivity contribution in [2.24, 2.45) is 7.05 Å². The van der Waals surface area contributed by atoms with Gasteiger partial charge in [0.05, 0.1) is 56.5 Å². The number of ether oxygens (including phenoxy) is 2. The average molecular weight is 490 g/mol. The van der Waals surface area contributed by atoms with Crippen molar-refractivity contribution >= 4 is 17.6 Å². The first-order chi connectivity index (χ1) is 16.9. The van der Waals surface area contributed by atoms with Gasteiger partial charge in [0.25, 0.3) is 0 Å². The number of fused-ring (bicyclic) bond motifs is 1. The molecule has 1 aromatic carbocycles. The lowest BCUT2D eigenvalue weighted by Crippen LogP contribution is -2.58. The number of hydrogen-bond donors (Lipinski definition) is 3. The molecule has 3 heterocycles. The number of benzene rings is 1. The minimum Gasteiger partial charge on any atom is -0.389 e. The van der Waals surface area contributed by atoms with Crippen molar-refractivity contribution < 1.29 is 28.6 Å². The van der Waals surface area contributed by atoms with Crippen molar-refractivity contribution in [2.75, 3.05) is 31.6 Å². The zero-order valence-corrected chi connectivity index (χ0v) is 19.7. The zero-order chi connectivity index (χ0) is 24.8. The summed E-state index contributed by atoms with van der Waals surface area (Å²) < 4.78 is 26.9. The van der Waals surface area contributed by atoms with Crippen LogP contribution in [0.2, 0.25) is 0 Å². The molecule has 35 heavy (non-hydrogen) atoms. The lowest BCUT2D eigenvalue weighted by atomic mass is 9.95. The summed E-state index contributed by atoms with van der Waals surface area (Å²) in [5.74, 6) is -0.494. The fourth-order valence-electron chi connectivity index (χ4n) is 4.51. The fourth-order valence-corrected chi connectivity index (χ4v) is 4.51. The van der Waals surface area contributed by atoms with E-state index in [2.05, 4.69) is 15.6 Å². The van der Waals surface area contributed by atoms with Crippen LogP contribution in [0.15, 0.2) is 36.8 Å². The number of β-amino-alcohol motifs (C(OH)–C–C–N with tert-alkyl or cyclic N) is 1. The number of carbonyl (C=O) groups excluding carboxylic acids is 2. The lowest BCUT2D eigenvalue weighted by molar-refractivity contribution is -0.149. The molecule has 2 aliphatic heterocycles. The first-order valence-corrected chi connectivity index (χ1v) is 11.9. The standard InChI is InChI=1S/C24H32FN5O5/c1-29-11-18(27-15-29)8-9-26-23(32)10-20-6-7-21-22(35-20)14-34-13-19(31)12-30(21)24(33)28-17-4-2-16(25)3-5-17/h2-5,11,15,19-22,31H,6-10,12-14H2,1H3,(H,26,32)(H,28,33)/t19-,20+,21+,22-/m0/s1. The van der Waals surface area contributed by atoms with Crippen molar-refractivity contribution in [1.82, 2.24) is 19.8 Å². The molecule has 4 atom stereocenters. The number of nitrogens with zero attached hydrogens (tertiary/aromatic N) is 3. The molecule has 0 bridgehead atoms. The van der Waals surface area contributed by atoms with E-state index in [1.165, 1.54) is 24.3 Å². The largest absolute Gasteiger partial charge is 0.389 e. The van der Waals surface area contributed by atoms with E-state index in [0.717, 1.165) is 5.69 Å². The summed E-state index contributed by atoms with van der Waals surface area (Å²) in [4.78, 5) is 31.3. The quantitative estimate of drug-likeness (QED) is 0.565. The van der Waals surface area contributed by atoms with E-state index in [4.69, 9.17) is 9.47 Å². The Labute approximate surface area is 203 Å². The Morgan fingerprint density at radius 1 is 1.23 bits per heavy atom. The smallest absolute Gasteiger partial charge is 0.322 e. The van der Waals surface area contributed by atoms with Crippen molar-refractivity contribution in [3.05, 3.63) is 48.3 Å². The zero-order valence-electron chi connectivity index (χ0n) is 19.7. The maximum Gasteiger partial charge on any atom is 0.322 e. The molecule has 3 N–H and O–H groups in total. The van der Waals surface area contributed by atoms with Crippen LogP contribution in [0, 0.1) is 5.82 Å². The van der Waals surface area contributed by atoms with E-state index in [9.17, 15) is 19.1 Å². The molecule has 0 spiro atoms. The number of halogens is 1. The third-order valence-corrected chi connectivity index (χ3v) is 6.21. The number of urea groups is 1. The summed E-state index contributed by atoms with van der Waals surface area (Å²) >= 11 is 0. The molecule has 4 rings (SSSR count). The number of aliphatic hydroxyl groups is 1. The number of aliphatic hydroxyl groups excluding tert-OH is 1. The highest BCUT2D eigenvalue weighted by Gasteiger charge is 2.40. The Morgan fingerprint density at radius 3 is 2.77 bits per heavy atom. The van der Waals surface area contributed by atoms with Gasteiger partial charge in [-0.25, -0.2) is 14.2 Å². The summed E-state index contributed by atoms with van der Waals surface area (Å²) in [5.41, 5.74) is 1.37. The Morgan fingerprint density at radius 2 is 2.03 bits per heavy atom. The van der Waals surface area contributed by atoms with Crippen LogP contribution in [-0.2, 0) is 27.7 Å². The predicted molar refractivity (Wildman–Crippen MR) is 125 cm³/mol. The van der Waals surface area contributed by atoms with Gasteiger partial charge in [-0.15, -0.1) is 0 Å². The number of rotatable bonds is 6. The van der Waals surface area contributed by atoms with Gasteiger partial charge in [-0.2, -0.15) is 0 Å². The molecule has 190 valence electrons. The second-order valence-electron chi connectivity index (χ2n) is 9.06. The van der Waals surface area contributed by atoms with Gasteiger partial charge >= 0.3 is 6.03 Å². The van der Waals surface area contributed by atoms with Gasteiger partial charge in [0.15, 0.2) is 0 Å². The number of anilines is 1. The molecular weight excluding hydrogens is 457 g/mol. The highest BCUT2D eigenvalue weighted by atomic mass is 19.1. The first kappa shape index (κ1) is 25.1. The van der Waals surface area contributed by atoms with E-state index < -0.39 is 24.1 Å². The normalized spacial score (nSPS) is 24.7. The van der Waals surface area contributed by atoms with Crippen LogP contribution in [0.1, 0.15) is 25.0 Å². The van der Waals surface area contributed by atoms with E-state index in [1.807, 2.05) is 17.8 Å². The van der Waals surface area contributed by atoms with Crippen LogP contribution in [-0.4, -0.2) is 82.2 Å². The van der Waals surface area contributed by atoms with Crippen LogP contribution in [0.25, 0.3) is 0 Å². The van der Waals surface area contributed by atoms with Crippen LogP contribution in [0.3, 0.4) is 0 Å². The Bertz CT molecular complexity index is 1000. The van der Waals surface area contributed by atoms with Gasteiger partial charge in [-0.05, 0) is 37.1 Å². The topological polar surface area (TPSA) is 118 Å². The molecule has 11 heteroatoms. The average Bonchev–Trinajstić information content (AvgIpc) is 3.23. The Balaban J connectivity index is 1.32. The summed E-state index contributed by atoms with van der Waals surface area (Å²) in [6.07, 6.45) is 4.14. The number of aromatic nitrogens is 2. The van der Waals surface area contributed by atoms with Crippen molar-refractivity contribution in [3.63, 3.8) is 0 Å². The minimum absolute atomic E-state index is 0.0750. The fraction of sp³-hybridized carbons (Fsp3) is 0.542. The maximum absolute atomic E-state index is 13.2. The van der Waals surface area contributed by atoms with E-state index in [-0.39, 0.29) is 44.2 Å². The number of aryl methyl sites for hydroxylation is 1. The van der Waals surface area contributed by atoms with Crippen molar-refractivity contribution in [2.45, 2.75) is 50.0 Å². The minimum atomic E-state index is -0.836. The molecule has 10 nitrogen and oxygen atoms in total. The Hall–Kier alpha value is -3.02. The van der Waals surface area contributed by atoms with Gasteiger partial charge in [0.1, 0.15) is 11.9 Å². The summed E-state index contributed by atoms with van der Waals surface area (Å²) in [6, 6.07) is 4.77. The molecule has 2 saturated heterocycles. The van der Waals surface area contributed by atoms with Crippen LogP contribution >= 0.6 is 0 Å². The molecule has 1 aromatic heterocycles. The lowest BCUT2D eigenvalue weighted by Gasteiger charge is -2.44. The number of carbonyl (C=O) groups is 2. The predicted octanol–water partition coefficient (Wildman–Crippen LogP) is 1.45. The molecular formula is C24H32FN5O5. The Kier molecular flexibility index (Phi) is 8.32. The van der Waals surface area contributed by atoms with Gasteiger partial charge in [0.2, 0.25) is 5.91 Å². The van der Waals surface area contributed by atoms with E-state index in [1.54, 1.807) is 11.2 Å².